The molecule has 0 bridgehead atoms. The van der Waals surface area contributed by atoms with Gasteiger partial charge in [0.15, 0.2) is 0 Å². The number of pyridine rings is 1. The van der Waals surface area contributed by atoms with E-state index in [2.05, 4.69) is 4.98 Å². The van der Waals surface area contributed by atoms with E-state index in [1.165, 1.54) is 10.5 Å². The van der Waals surface area contributed by atoms with Gasteiger partial charge >= 0.3 is 0 Å². The lowest BCUT2D eigenvalue weighted by atomic mass is 10.2. The van der Waals surface area contributed by atoms with Gasteiger partial charge in [-0.25, -0.2) is 13.4 Å². The number of carbonyl (C=O) groups excluding carboxylic acids is 1. The number of hydrogen-bond acceptors (Lipinski definition) is 4. The van der Waals surface area contributed by atoms with Crippen LogP contribution in [0.2, 0.25) is 5.15 Å². The number of amides is 1. The van der Waals surface area contributed by atoms with E-state index in [4.69, 9.17) is 11.6 Å². The molecule has 0 N–H and O–H groups in total. The molecular weight excluding hydrogens is 362 g/mol. The molecule has 132 valence electrons. The smallest absolute Gasteiger partial charge is 0.257 e. The summed E-state index contributed by atoms with van der Waals surface area (Å²) in [5, 5.41) is 0.155. The van der Waals surface area contributed by atoms with Gasteiger partial charge in [-0.05, 0) is 31.2 Å². The highest BCUT2D eigenvalue weighted by molar-refractivity contribution is 7.89. The molecule has 3 rings (SSSR count). The number of aromatic nitrogens is 1. The monoisotopic (exact) mass is 379 g/mol. The Morgan fingerprint density at radius 1 is 1.08 bits per heavy atom. The SMILES string of the molecule is Cc1ccc(S(=O)(=O)N2CCN(C(=O)c3cccnc3Cl)CC2)cc1. The molecule has 2 aromatic rings. The van der Waals surface area contributed by atoms with E-state index in [-0.39, 0.29) is 29.0 Å². The second kappa shape index (κ2) is 7.11. The molecule has 1 aromatic carbocycles. The number of aryl methyl sites for hydroxylation is 1. The van der Waals surface area contributed by atoms with Crippen molar-refractivity contribution in [3.63, 3.8) is 0 Å². The Morgan fingerprint density at radius 3 is 2.32 bits per heavy atom. The van der Waals surface area contributed by atoms with Crippen LogP contribution in [0.4, 0.5) is 0 Å². The van der Waals surface area contributed by atoms with E-state index in [0.29, 0.717) is 18.7 Å². The maximum atomic E-state index is 12.7. The van der Waals surface area contributed by atoms with Gasteiger partial charge in [-0.15, -0.1) is 0 Å². The first-order valence-corrected chi connectivity index (χ1v) is 9.68. The summed E-state index contributed by atoms with van der Waals surface area (Å²) in [6.07, 6.45) is 1.52. The fourth-order valence-corrected chi connectivity index (χ4v) is 4.33. The van der Waals surface area contributed by atoms with E-state index < -0.39 is 10.0 Å². The summed E-state index contributed by atoms with van der Waals surface area (Å²) in [6.45, 7) is 3.04. The first-order chi connectivity index (χ1) is 11.9. The predicted molar refractivity (Wildman–Crippen MR) is 95.1 cm³/mol. The molecule has 6 nitrogen and oxygen atoms in total. The van der Waals surface area contributed by atoms with E-state index >= 15 is 0 Å². The molecule has 1 amide bonds. The summed E-state index contributed by atoms with van der Waals surface area (Å²) in [4.78, 5) is 18.3. The number of nitrogens with zero attached hydrogens (tertiary/aromatic N) is 3. The molecule has 0 spiro atoms. The Kier molecular flexibility index (Phi) is 5.08. The first kappa shape index (κ1) is 17.8. The zero-order valence-corrected chi connectivity index (χ0v) is 15.3. The summed E-state index contributed by atoms with van der Waals surface area (Å²) in [6, 6.07) is 10.0. The van der Waals surface area contributed by atoms with Gasteiger partial charge in [0.2, 0.25) is 10.0 Å². The Labute approximate surface area is 152 Å². The fraction of sp³-hybridized carbons (Fsp3) is 0.294. The third kappa shape index (κ3) is 3.68. The Bertz CT molecular complexity index is 876. The van der Waals surface area contributed by atoms with Crippen LogP contribution in [-0.2, 0) is 10.0 Å². The van der Waals surface area contributed by atoms with Gasteiger partial charge in [-0.1, -0.05) is 29.3 Å². The average molecular weight is 380 g/mol. The normalized spacial score (nSPS) is 16.0. The number of halogens is 1. The topological polar surface area (TPSA) is 70.6 Å². The van der Waals surface area contributed by atoms with Crippen LogP contribution < -0.4 is 0 Å². The van der Waals surface area contributed by atoms with Gasteiger partial charge in [0.1, 0.15) is 5.15 Å². The minimum atomic E-state index is -3.54. The van der Waals surface area contributed by atoms with E-state index in [0.717, 1.165) is 5.56 Å². The van der Waals surface area contributed by atoms with Crippen LogP contribution in [0, 0.1) is 6.92 Å². The highest BCUT2D eigenvalue weighted by Gasteiger charge is 2.30. The first-order valence-electron chi connectivity index (χ1n) is 7.86. The number of piperazine rings is 1. The summed E-state index contributed by atoms with van der Waals surface area (Å²) < 4.78 is 26.8. The van der Waals surface area contributed by atoms with Crippen molar-refractivity contribution in [3.8, 4) is 0 Å². The molecule has 0 atom stereocenters. The van der Waals surface area contributed by atoms with Crippen molar-refractivity contribution in [1.82, 2.24) is 14.2 Å². The summed E-state index contributed by atoms with van der Waals surface area (Å²) in [5.41, 5.74) is 1.33. The number of sulfonamides is 1. The summed E-state index contributed by atoms with van der Waals surface area (Å²) in [7, 11) is -3.54. The maximum Gasteiger partial charge on any atom is 0.257 e. The molecule has 1 fully saturated rings. The fourth-order valence-electron chi connectivity index (χ4n) is 2.71. The highest BCUT2D eigenvalue weighted by atomic mass is 35.5. The molecule has 0 unspecified atom stereocenters. The summed E-state index contributed by atoms with van der Waals surface area (Å²) in [5.74, 6) is -0.231. The zero-order chi connectivity index (χ0) is 18.0. The van der Waals surface area contributed by atoms with Crippen molar-refractivity contribution in [1.29, 1.82) is 0 Å². The number of benzene rings is 1. The molecule has 25 heavy (non-hydrogen) atoms. The number of hydrogen-bond donors (Lipinski definition) is 0. The molecule has 1 aliphatic rings. The Hall–Kier alpha value is -1.96. The molecule has 8 heteroatoms. The molecule has 1 aliphatic heterocycles. The third-order valence-corrected chi connectivity index (χ3v) is 6.39. The minimum absolute atomic E-state index is 0.155. The van der Waals surface area contributed by atoms with Gasteiger partial charge in [0.25, 0.3) is 5.91 Å². The quantitative estimate of drug-likeness (QED) is 0.766. The van der Waals surface area contributed by atoms with Crippen molar-refractivity contribution in [3.05, 3.63) is 58.9 Å². The number of rotatable bonds is 3. The third-order valence-electron chi connectivity index (χ3n) is 4.17. The molecule has 0 aliphatic carbocycles. The van der Waals surface area contributed by atoms with Gasteiger partial charge < -0.3 is 4.90 Å². The minimum Gasteiger partial charge on any atom is -0.336 e. The molecule has 0 radical (unpaired) electrons. The van der Waals surface area contributed by atoms with Gasteiger partial charge in [-0.2, -0.15) is 4.31 Å². The van der Waals surface area contributed by atoms with E-state index in [1.54, 1.807) is 41.3 Å². The van der Waals surface area contributed by atoms with Gasteiger partial charge in [0, 0.05) is 32.4 Å². The van der Waals surface area contributed by atoms with Crippen LogP contribution in [0.5, 0.6) is 0 Å². The van der Waals surface area contributed by atoms with Crippen molar-refractivity contribution in [2.45, 2.75) is 11.8 Å². The molecular formula is C17H18ClN3O3S. The van der Waals surface area contributed by atoms with Crippen LogP contribution in [0.15, 0.2) is 47.5 Å². The lowest BCUT2D eigenvalue weighted by Gasteiger charge is -2.34. The van der Waals surface area contributed by atoms with Crippen molar-refractivity contribution >= 4 is 27.5 Å². The zero-order valence-electron chi connectivity index (χ0n) is 13.7. The predicted octanol–water partition coefficient (Wildman–Crippen LogP) is 2.19. The highest BCUT2D eigenvalue weighted by Crippen LogP contribution is 2.20. The van der Waals surface area contributed by atoms with Gasteiger partial charge in [-0.3, -0.25) is 4.79 Å². The molecule has 0 saturated carbocycles. The molecule has 1 saturated heterocycles. The van der Waals surface area contributed by atoms with E-state index in [1.807, 2.05) is 6.92 Å². The van der Waals surface area contributed by atoms with Crippen LogP contribution in [0.3, 0.4) is 0 Å². The standard InChI is InChI=1S/C17H18ClN3O3S/c1-13-4-6-14(7-5-13)25(23,24)21-11-9-20(10-12-21)17(22)15-3-2-8-19-16(15)18/h2-8H,9-12H2,1H3. The van der Waals surface area contributed by atoms with Crippen LogP contribution in [-0.4, -0.2) is 54.7 Å². The second-order valence-corrected chi connectivity index (χ2v) is 8.15. The Balaban J connectivity index is 1.70. The van der Waals surface area contributed by atoms with Crippen LogP contribution in [0.1, 0.15) is 15.9 Å². The lowest BCUT2D eigenvalue weighted by Crippen LogP contribution is -2.50. The van der Waals surface area contributed by atoms with E-state index in [9.17, 15) is 13.2 Å². The van der Waals surface area contributed by atoms with Crippen molar-refractivity contribution < 1.29 is 13.2 Å². The number of carbonyl (C=O) groups is 1. The molecule has 1 aromatic heterocycles. The van der Waals surface area contributed by atoms with Crippen LogP contribution >= 0.6 is 11.6 Å². The van der Waals surface area contributed by atoms with Crippen molar-refractivity contribution in [2.75, 3.05) is 26.2 Å². The largest absolute Gasteiger partial charge is 0.336 e. The maximum absolute atomic E-state index is 12.7. The average Bonchev–Trinajstić information content (AvgIpc) is 2.62. The lowest BCUT2D eigenvalue weighted by molar-refractivity contribution is 0.0697. The van der Waals surface area contributed by atoms with Crippen LogP contribution in [0.25, 0.3) is 0 Å². The Morgan fingerprint density at radius 2 is 1.72 bits per heavy atom. The summed E-state index contributed by atoms with van der Waals surface area (Å²) >= 11 is 5.97. The molecule has 2 heterocycles. The van der Waals surface area contributed by atoms with Gasteiger partial charge in [0.05, 0.1) is 10.5 Å². The second-order valence-electron chi connectivity index (χ2n) is 5.85. The van der Waals surface area contributed by atoms with Crippen molar-refractivity contribution in [2.24, 2.45) is 0 Å².